The average Bonchev–Trinajstić information content (AvgIpc) is 3.08. The Hall–Kier alpha value is -1.30. The van der Waals surface area contributed by atoms with Crippen LogP contribution in [-0.4, -0.2) is 36.3 Å². The molecule has 2 fully saturated rings. The van der Waals surface area contributed by atoms with E-state index >= 15 is 0 Å². The second-order valence-electron chi connectivity index (χ2n) is 6.06. The molecule has 0 bridgehead atoms. The van der Waals surface area contributed by atoms with Gasteiger partial charge < -0.3 is 14.6 Å². The number of halogens is 1. The molecule has 2 heterocycles. The molecule has 1 N–H and O–H groups in total. The quantitative estimate of drug-likeness (QED) is 0.907. The summed E-state index contributed by atoms with van der Waals surface area (Å²) in [7, 11) is 1.89. The lowest BCUT2D eigenvalue weighted by Crippen LogP contribution is -2.54. The van der Waals surface area contributed by atoms with Gasteiger partial charge in [0, 0.05) is 31.5 Å². The molecule has 0 spiro atoms. The van der Waals surface area contributed by atoms with Gasteiger partial charge in [-0.3, -0.25) is 9.59 Å². The van der Waals surface area contributed by atoms with Crippen LogP contribution in [0.15, 0.2) is 21.2 Å². The van der Waals surface area contributed by atoms with E-state index in [0.717, 1.165) is 25.7 Å². The minimum absolute atomic E-state index is 0.0299. The minimum Gasteiger partial charge on any atom is -0.444 e. The van der Waals surface area contributed by atoms with Crippen LogP contribution in [0, 0.1) is 5.41 Å². The van der Waals surface area contributed by atoms with Crippen LogP contribution >= 0.6 is 15.9 Å². The number of carbonyl (C=O) groups is 2. The Balaban J connectivity index is 1.69. The smallest absolute Gasteiger partial charge is 0.287 e. The zero-order valence-corrected chi connectivity index (χ0v) is 13.6. The Labute approximate surface area is 132 Å². The number of nitrogens with zero attached hydrogens (tertiary/aromatic N) is 1. The van der Waals surface area contributed by atoms with Crippen molar-refractivity contribution in [1.29, 1.82) is 0 Å². The number of rotatable bonds is 3. The van der Waals surface area contributed by atoms with Crippen LogP contribution in [0.5, 0.6) is 0 Å². The Morgan fingerprint density at radius 1 is 1.52 bits per heavy atom. The lowest BCUT2D eigenvalue weighted by atomic mass is 9.74. The molecule has 5 nitrogen and oxygen atoms in total. The van der Waals surface area contributed by atoms with Gasteiger partial charge in [-0.15, -0.1) is 0 Å². The molecule has 1 aromatic heterocycles. The van der Waals surface area contributed by atoms with Crippen molar-refractivity contribution < 1.29 is 14.0 Å². The molecule has 1 saturated carbocycles. The third kappa shape index (κ3) is 2.61. The average molecular weight is 355 g/mol. The lowest BCUT2D eigenvalue weighted by Gasteiger charge is -2.44. The summed E-state index contributed by atoms with van der Waals surface area (Å²) in [5.74, 6) is 0.340. The summed E-state index contributed by atoms with van der Waals surface area (Å²) < 4.78 is 5.82. The van der Waals surface area contributed by atoms with E-state index in [9.17, 15) is 9.59 Å². The summed E-state index contributed by atoms with van der Waals surface area (Å²) in [5.41, 5.74) is 0.0299. The van der Waals surface area contributed by atoms with E-state index in [2.05, 4.69) is 21.2 Å². The van der Waals surface area contributed by atoms with Gasteiger partial charge in [0.25, 0.3) is 5.91 Å². The number of nitrogens with one attached hydrogen (secondary N) is 1. The molecule has 2 unspecified atom stereocenters. The van der Waals surface area contributed by atoms with E-state index in [0.29, 0.717) is 23.4 Å². The van der Waals surface area contributed by atoms with E-state index in [1.54, 1.807) is 12.1 Å². The predicted molar refractivity (Wildman–Crippen MR) is 80.8 cm³/mol. The van der Waals surface area contributed by atoms with E-state index in [-0.39, 0.29) is 23.3 Å². The molecule has 0 radical (unpaired) electrons. The monoisotopic (exact) mass is 354 g/mol. The molecule has 0 aromatic carbocycles. The molecule has 1 aromatic rings. The Morgan fingerprint density at radius 2 is 2.33 bits per heavy atom. The number of amides is 2. The molecule has 2 aliphatic rings. The van der Waals surface area contributed by atoms with Gasteiger partial charge in [0.15, 0.2) is 10.4 Å². The second kappa shape index (κ2) is 5.48. The van der Waals surface area contributed by atoms with Crippen molar-refractivity contribution in [2.24, 2.45) is 5.41 Å². The van der Waals surface area contributed by atoms with Crippen molar-refractivity contribution >= 4 is 27.7 Å². The van der Waals surface area contributed by atoms with Crippen molar-refractivity contribution in [1.82, 2.24) is 10.2 Å². The third-order valence-corrected chi connectivity index (χ3v) is 5.38. The second-order valence-corrected chi connectivity index (χ2v) is 6.84. The Bertz CT molecular complexity index is 571. The summed E-state index contributed by atoms with van der Waals surface area (Å²) >= 11 is 3.20. The maximum Gasteiger partial charge on any atom is 0.287 e. The van der Waals surface area contributed by atoms with Gasteiger partial charge in [-0.25, -0.2) is 0 Å². The van der Waals surface area contributed by atoms with Crippen molar-refractivity contribution in [3.63, 3.8) is 0 Å². The molecule has 114 valence electrons. The zero-order valence-electron chi connectivity index (χ0n) is 12.0. The van der Waals surface area contributed by atoms with Gasteiger partial charge in [-0.1, -0.05) is 6.42 Å². The van der Waals surface area contributed by atoms with Gasteiger partial charge in [0.05, 0.1) is 0 Å². The zero-order chi connectivity index (χ0) is 15.0. The van der Waals surface area contributed by atoms with Crippen LogP contribution in [0.25, 0.3) is 0 Å². The maximum atomic E-state index is 12.1. The van der Waals surface area contributed by atoms with Crippen molar-refractivity contribution in [2.45, 2.75) is 38.1 Å². The molecule has 21 heavy (non-hydrogen) atoms. The van der Waals surface area contributed by atoms with E-state index in [1.165, 1.54) is 0 Å². The molecular formula is C15H19BrN2O3. The van der Waals surface area contributed by atoms with Crippen LogP contribution < -0.4 is 5.32 Å². The van der Waals surface area contributed by atoms with Gasteiger partial charge in [-0.2, -0.15) is 0 Å². The number of piperidine rings is 1. The van der Waals surface area contributed by atoms with Crippen molar-refractivity contribution in [3.05, 3.63) is 22.6 Å². The fourth-order valence-corrected chi connectivity index (χ4v) is 4.10. The Kier molecular flexibility index (Phi) is 3.82. The predicted octanol–water partition coefficient (Wildman–Crippen LogP) is 2.56. The lowest BCUT2D eigenvalue weighted by molar-refractivity contribution is -0.139. The third-order valence-electron chi connectivity index (χ3n) is 4.95. The summed E-state index contributed by atoms with van der Waals surface area (Å²) in [6.45, 7) is 0.604. The molecule has 2 amide bonds. The van der Waals surface area contributed by atoms with Crippen LogP contribution in [-0.2, 0) is 4.79 Å². The van der Waals surface area contributed by atoms with Crippen LogP contribution in [0.3, 0.4) is 0 Å². The largest absolute Gasteiger partial charge is 0.444 e. The van der Waals surface area contributed by atoms with Crippen LogP contribution in [0.2, 0.25) is 0 Å². The first-order valence-corrected chi connectivity index (χ1v) is 8.10. The van der Waals surface area contributed by atoms with Crippen molar-refractivity contribution in [2.75, 3.05) is 13.6 Å². The number of fused-ring (bicyclic) bond motifs is 1. The number of carbonyl (C=O) groups excluding carboxylic acids is 2. The van der Waals surface area contributed by atoms with Crippen LogP contribution in [0.1, 0.15) is 42.7 Å². The molecule has 1 aliphatic heterocycles. The molecular weight excluding hydrogens is 336 g/mol. The highest BCUT2D eigenvalue weighted by Gasteiger charge is 2.49. The first-order chi connectivity index (χ1) is 10.0. The molecule has 3 rings (SSSR count). The summed E-state index contributed by atoms with van der Waals surface area (Å²) in [5, 5.41) is 2.99. The number of furan rings is 1. The van der Waals surface area contributed by atoms with Crippen LogP contribution in [0.4, 0.5) is 0 Å². The molecule has 1 saturated heterocycles. The number of likely N-dealkylation sites (tertiary alicyclic amines) is 1. The molecule has 2 atom stereocenters. The fourth-order valence-electron chi connectivity index (χ4n) is 3.80. The first-order valence-electron chi connectivity index (χ1n) is 7.31. The van der Waals surface area contributed by atoms with E-state index < -0.39 is 0 Å². The maximum absolute atomic E-state index is 12.1. The minimum atomic E-state index is -0.194. The molecule has 6 heteroatoms. The summed E-state index contributed by atoms with van der Waals surface area (Å²) in [6.07, 6.45) is 4.66. The highest BCUT2D eigenvalue weighted by molar-refractivity contribution is 9.10. The first kappa shape index (κ1) is 14.6. The highest BCUT2D eigenvalue weighted by atomic mass is 79.9. The van der Waals surface area contributed by atoms with Gasteiger partial charge in [-0.05, 0) is 47.3 Å². The summed E-state index contributed by atoms with van der Waals surface area (Å²) in [4.78, 5) is 25.9. The highest BCUT2D eigenvalue weighted by Crippen LogP contribution is 2.47. The SMILES string of the molecule is CN1C(=O)CCC2(CNC(=O)c3ccc(Br)o3)CCCC12. The van der Waals surface area contributed by atoms with Gasteiger partial charge in [0.1, 0.15) is 0 Å². The fraction of sp³-hybridized carbons (Fsp3) is 0.600. The normalized spacial score (nSPS) is 28.6. The molecule has 1 aliphatic carbocycles. The number of hydrogen-bond donors (Lipinski definition) is 1. The van der Waals surface area contributed by atoms with Crippen molar-refractivity contribution in [3.8, 4) is 0 Å². The van der Waals surface area contributed by atoms with Gasteiger partial charge in [0.2, 0.25) is 5.91 Å². The standard InChI is InChI=1S/C15H19BrN2O3/c1-18-11-3-2-7-15(11,8-6-13(18)19)9-17-14(20)10-4-5-12(16)21-10/h4-5,11H,2-3,6-9H2,1H3,(H,17,20). The van der Waals surface area contributed by atoms with Gasteiger partial charge >= 0.3 is 0 Å². The van der Waals surface area contributed by atoms with E-state index in [1.807, 2.05) is 11.9 Å². The topological polar surface area (TPSA) is 62.6 Å². The Morgan fingerprint density at radius 3 is 3.05 bits per heavy atom. The number of hydrogen-bond acceptors (Lipinski definition) is 3. The van der Waals surface area contributed by atoms with E-state index in [4.69, 9.17) is 4.42 Å². The summed E-state index contributed by atoms with van der Waals surface area (Å²) in [6, 6.07) is 3.61.